The van der Waals surface area contributed by atoms with Crippen molar-refractivity contribution in [3.63, 3.8) is 0 Å². The molecule has 1 aromatic carbocycles. The summed E-state index contributed by atoms with van der Waals surface area (Å²) in [5, 5.41) is 10.5. The lowest BCUT2D eigenvalue weighted by Gasteiger charge is -2.08. The number of amides is 1. The molecule has 0 aliphatic rings. The maximum absolute atomic E-state index is 11.0. The van der Waals surface area contributed by atoms with E-state index in [1.54, 1.807) is 16.8 Å². The molecular weight excluding hydrogens is 312 g/mol. The van der Waals surface area contributed by atoms with E-state index in [0.29, 0.717) is 6.42 Å². The number of unbranched alkanes of at least 4 members (excludes halogenated alkanes) is 2. The van der Waals surface area contributed by atoms with E-state index in [4.69, 9.17) is 10.2 Å². The molecule has 3 aromatic rings. The van der Waals surface area contributed by atoms with Crippen molar-refractivity contribution in [1.82, 2.24) is 20.0 Å². The van der Waals surface area contributed by atoms with Crippen LogP contribution in [0.3, 0.4) is 0 Å². The summed E-state index contributed by atoms with van der Waals surface area (Å²) in [7, 11) is 0. The van der Waals surface area contributed by atoms with Gasteiger partial charge in [0, 0.05) is 18.3 Å². The first-order chi connectivity index (χ1) is 11.3. The minimum absolute atomic E-state index is 0.332. The number of aryl methyl sites for hydroxylation is 1. The van der Waals surface area contributed by atoms with Gasteiger partial charge in [-0.2, -0.15) is 0 Å². The highest BCUT2D eigenvalue weighted by Gasteiger charge is 2.13. The van der Waals surface area contributed by atoms with Gasteiger partial charge in [0.15, 0.2) is 5.82 Å². The average molecular weight is 330 g/mol. The van der Waals surface area contributed by atoms with Crippen LogP contribution in [-0.2, 0) is 11.3 Å². The van der Waals surface area contributed by atoms with Gasteiger partial charge in [-0.1, -0.05) is 18.6 Å². The van der Waals surface area contributed by atoms with E-state index in [1.807, 2.05) is 29.1 Å². The van der Waals surface area contributed by atoms with Crippen LogP contribution in [0, 0.1) is 0 Å². The number of rotatable bonds is 7. The minimum Gasteiger partial charge on any atom is -0.323 e. The monoisotopic (exact) mass is 330 g/mol. The Morgan fingerprint density at radius 2 is 2.13 bits per heavy atom. The zero-order chi connectivity index (χ0) is 16.1. The number of carbonyl (C=O) groups excluding carboxylic acids is 1. The number of hydrogen-bond acceptors (Lipinski definition) is 5. The standard InChI is InChI=1S/C16H18N4O2S/c21-15(19-22)8-2-1-5-9-20-14-7-4-3-6-12(14)18-16(20)13-10-23-11-17-13/h3-4,6-7,10-11,22H,1-2,5,8-9H2,(H,19,21). The highest BCUT2D eigenvalue weighted by molar-refractivity contribution is 7.07. The molecule has 2 heterocycles. The molecule has 0 bridgehead atoms. The number of imidazole rings is 1. The van der Waals surface area contributed by atoms with Crippen LogP contribution in [-0.4, -0.2) is 25.6 Å². The summed E-state index contributed by atoms with van der Waals surface area (Å²) >= 11 is 1.56. The second-order valence-electron chi connectivity index (χ2n) is 5.30. The third-order valence-electron chi connectivity index (χ3n) is 3.73. The summed E-state index contributed by atoms with van der Waals surface area (Å²) < 4.78 is 2.19. The number of aromatic nitrogens is 3. The lowest BCUT2D eigenvalue weighted by Crippen LogP contribution is -2.17. The van der Waals surface area contributed by atoms with Crippen molar-refractivity contribution in [1.29, 1.82) is 0 Å². The smallest absolute Gasteiger partial charge is 0.243 e. The zero-order valence-corrected chi connectivity index (χ0v) is 13.4. The molecule has 2 N–H and O–H groups in total. The van der Waals surface area contributed by atoms with Gasteiger partial charge in [0.25, 0.3) is 0 Å². The summed E-state index contributed by atoms with van der Waals surface area (Å²) in [5.41, 5.74) is 6.43. The molecule has 0 saturated heterocycles. The highest BCUT2D eigenvalue weighted by atomic mass is 32.1. The molecule has 0 unspecified atom stereocenters. The number of thiazole rings is 1. The van der Waals surface area contributed by atoms with Crippen LogP contribution in [0.15, 0.2) is 35.2 Å². The van der Waals surface area contributed by atoms with Crippen molar-refractivity contribution in [3.8, 4) is 11.5 Å². The molecule has 0 saturated carbocycles. The lowest BCUT2D eigenvalue weighted by atomic mass is 10.2. The largest absolute Gasteiger partial charge is 0.323 e. The Balaban J connectivity index is 1.74. The topological polar surface area (TPSA) is 80.0 Å². The predicted molar refractivity (Wildman–Crippen MR) is 89.2 cm³/mol. The van der Waals surface area contributed by atoms with E-state index in [2.05, 4.69) is 15.6 Å². The molecule has 0 fully saturated rings. The van der Waals surface area contributed by atoms with Gasteiger partial charge >= 0.3 is 0 Å². The molecule has 0 aliphatic carbocycles. The molecule has 0 aliphatic heterocycles. The molecule has 7 heteroatoms. The van der Waals surface area contributed by atoms with Gasteiger partial charge in [-0.15, -0.1) is 11.3 Å². The molecule has 0 spiro atoms. The van der Waals surface area contributed by atoms with Gasteiger partial charge in [0.1, 0.15) is 5.69 Å². The number of nitrogens with one attached hydrogen (secondary N) is 1. The quantitative estimate of drug-likeness (QED) is 0.396. The Morgan fingerprint density at radius 1 is 1.26 bits per heavy atom. The Kier molecular flexibility index (Phi) is 4.99. The van der Waals surface area contributed by atoms with Crippen LogP contribution in [0.1, 0.15) is 25.7 Å². The second-order valence-corrected chi connectivity index (χ2v) is 6.01. The number of nitrogens with zero attached hydrogens (tertiary/aromatic N) is 3. The van der Waals surface area contributed by atoms with Crippen molar-refractivity contribution in [2.45, 2.75) is 32.2 Å². The molecule has 3 rings (SSSR count). The number of fused-ring (bicyclic) bond motifs is 1. The number of para-hydroxylation sites is 2. The SMILES string of the molecule is O=C(CCCCCn1c(-c2cscn2)nc2ccccc21)NO. The maximum atomic E-state index is 11.0. The van der Waals surface area contributed by atoms with Crippen LogP contribution in [0.4, 0.5) is 0 Å². The second kappa shape index (κ2) is 7.34. The summed E-state index contributed by atoms with van der Waals surface area (Å²) in [6, 6.07) is 8.07. The molecule has 2 aromatic heterocycles. The molecule has 0 radical (unpaired) electrons. The summed E-state index contributed by atoms with van der Waals surface area (Å²) in [6.45, 7) is 0.827. The van der Waals surface area contributed by atoms with Gasteiger partial charge in [0.05, 0.1) is 16.5 Å². The molecule has 1 amide bonds. The molecular formula is C16H18N4O2S. The minimum atomic E-state index is -0.332. The van der Waals surface area contributed by atoms with Crippen molar-refractivity contribution in [3.05, 3.63) is 35.2 Å². The fraction of sp³-hybridized carbons (Fsp3) is 0.312. The van der Waals surface area contributed by atoms with Gasteiger partial charge in [-0.25, -0.2) is 15.4 Å². The first-order valence-corrected chi connectivity index (χ1v) is 8.50. The van der Waals surface area contributed by atoms with Gasteiger partial charge in [-0.3, -0.25) is 10.0 Å². The Bertz CT molecular complexity index is 783. The van der Waals surface area contributed by atoms with E-state index >= 15 is 0 Å². The van der Waals surface area contributed by atoms with Crippen molar-refractivity contribution < 1.29 is 10.0 Å². The third kappa shape index (κ3) is 3.57. The number of hydroxylamine groups is 1. The van der Waals surface area contributed by atoms with Gasteiger partial charge in [-0.05, 0) is 25.0 Å². The van der Waals surface area contributed by atoms with Crippen molar-refractivity contribution in [2.75, 3.05) is 0 Å². The van der Waals surface area contributed by atoms with Crippen LogP contribution in [0.2, 0.25) is 0 Å². The summed E-state index contributed by atoms with van der Waals surface area (Å²) in [4.78, 5) is 20.1. The van der Waals surface area contributed by atoms with Crippen LogP contribution >= 0.6 is 11.3 Å². The van der Waals surface area contributed by atoms with Crippen molar-refractivity contribution in [2.24, 2.45) is 0 Å². The zero-order valence-electron chi connectivity index (χ0n) is 12.6. The number of hydrogen-bond donors (Lipinski definition) is 2. The van der Waals surface area contributed by atoms with Gasteiger partial charge < -0.3 is 4.57 Å². The predicted octanol–water partition coefficient (Wildman–Crippen LogP) is 3.23. The Labute approximate surface area is 137 Å². The lowest BCUT2D eigenvalue weighted by molar-refractivity contribution is -0.129. The molecule has 6 nitrogen and oxygen atoms in total. The maximum Gasteiger partial charge on any atom is 0.243 e. The molecule has 23 heavy (non-hydrogen) atoms. The third-order valence-corrected chi connectivity index (χ3v) is 4.31. The van der Waals surface area contributed by atoms with E-state index < -0.39 is 0 Å². The number of carbonyl (C=O) groups is 1. The molecule has 120 valence electrons. The average Bonchev–Trinajstić information content (AvgIpc) is 3.21. The van der Waals surface area contributed by atoms with E-state index in [-0.39, 0.29) is 5.91 Å². The van der Waals surface area contributed by atoms with E-state index in [9.17, 15) is 4.79 Å². The summed E-state index contributed by atoms with van der Waals surface area (Å²) in [5.74, 6) is 0.557. The van der Waals surface area contributed by atoms with Crippen LogP contribution in [0.5, 0.6) is 0 Å². The fourth-order valence-corrected chi connectivity index (χ4v) is 3.14. The van der Waals surface area contributed by atoms with Crippen LogP contribution < -0.4 is 5.48 Å². The highest BCUT2D eigenvalue weighted by Crippen LogP contribution is 2.25. The first-order valence-electron chi connectivity index (χ1n) is 7.56. The Morgan fingerprint density at radius 3 is 2.91 bits per heavy atom. The van der Waals surface area contributed by atoms with Crippen LogP contribution in [0.25, 0.3) is 22.6 Å². The Hall–Kier alpha value is -2.25. The molecule has 0 atom stereocenters. The van der Waals surface area contributed by atoms with E-state index in [0.717, 1.165) is 48.4 Å². The normalized spacial score (nSPS) is 11.0. The fourth-order valence-electron chi connectivity index (χ4n) is 2.61. The number of benzene rings is 1. The first kappa shape index (κ1) is 15.6. The van der Waals surface area contributed by atoms with Gasteiger partial charge in [0.2, 0.25) is 5.91 Å². The summed E-state index contributed by atoms with van der Waals surface area (Å²) in [6.07, 6.45) is 2.96. The van der Waals surface area contributed by atoms with Crippen molar-refractivity contribution >= 4 is 28.3 Å². The van der Waals surface area contributed by atoms with E-state index in [1.165, 1.54) is 0 Å².